The lowest BCUT2D eigenvalue weighted by Crippen LogP contribution is -2.13. The van der Waals surface area contributed by atoms with Gasteiger partial charge in [-0.15, -0.1) is 0 Å². The summed E-state index contributed by atoms with van der Waals surface area (Å²) in [5.41, 5.74) is 3.12. The van der Waals surface area contributed by atoms with Crippen molar-refractivity contribution in [3.63, 3.8) is 0 Å². The lowest BCUT2D eigenvalue weighted by molar-refractivity contribution is 0.102. The number of carbonyl (C=O) groups is 1. The summed E-state index contributed by atoms with van der Waals surface area (Å²) in [6, 6.07) is 16.7. The highest BCUT2D eigenvalue weighted by Crippen LogP contribution is 2.11. The number of para-hydroxylation sites is 1. The highest BCUT2D eigenvalue weighted by atomic mass is 16.1. The third kappa shape index (κ3) is 4.14. The number of amides is 1. The molecule has 114 valence electrons. The van der Waals surface area contributed by atoms with Gasteiger partial charge in [0.25, 0.3) is 5.91 Å². The molecule has 23 heavy (non-hydrogen) atoms. The van der Waals surface area contributed by atoms with Crippen molar-refractivity contribution in [2.45, 2.75) is 6.54 Å². The van der Waals surface area contributed by atoms with E-state index in [-0.39, 0.29) is 5.91 Å². The normalized spacial score (nSPS) is 10.1. The molecule has 0 atom stereocenters. The quantitative estimate of drug-likeness (QED) is 0.758. The minimum absolute atomic E-state index is 0.225. The molecule has 2 N–H and O–H groups in total. The molecule has 2 heterocycles. The van der Waals surface area contributed by atoms with Crippen LogP contribution in [-0.4, -0.2) is 15.9 Å². The van der Waals surface area contributed by atoms with Gasteiger partial charge in [-0.1, -0.05) is 18.2 Å². The van der Waals surface area contributed by atoms with E-state index in [1.54, 1.807) is 24.7 Å². The minimum atomic E-state index is -0.225. The minimum Gasteiger partial charge on any atom is -0.380 e. The number of hydrogen-bond donors (Lipinski definition) is 2. The van der Waals surface area contributed by atoms with Crippen molar-refractivity contribution in [3.8, 4) is 0 Å². The van der Waals surface area contributed by atoms with Crippen LogP contribution in [-0.2, 0) is 6.54 Å². The Morgan fingerprint density at radius 2 is 1.70 bits per heavy atom. The molecule has 0 aliphatic heterocycles. The van der Waals surface area contributed by atoms with Gasteiger partial charge in [-0.05, 0) is 42.0 Å². The standard InChI is InChI=1S/C18H16N4O/c23-18(22-15-4-2-1-3-5-15)17-7-6-16(13-21-17)20-12-14-8-10-19-11-9-14/h1-11,13,20H,12H2,(H,22,23). The van der Waals surface area contributed by atoms with Crippen LogP contribution in [0.3, 0.4) is 0 Å². The Hall–Kier alpha value is -3.21. The summed E-state index contributed by atoms with van der Waals surface area (Å²) < 4.78 is 0. The van der Waals surface area contributed by atoms with Crippen molar-refractivity contribution in [1.29, 1.82) is 0 Å². The number of aromatic nitrogens is 2. The molecule has 1 aromatic carbocycles. The van der Waals surface area contributed by atoms with Gasteiger partial charge in [0.15, 0.2) is 0 Å². The van der Waals surface area contributed by atoms with Crippen molar-refractivity contribution >= 4 is 17.3 Å². The highest BCUT2D eigenvalue weighted by molar-refractivity contribution is 6.02. The van der Waals surface area contributed by atoms with E-state index in [0.29, 0.717) is 12.2 Å². The molecule has 5 heteroatoms. The third-order valence-corrected chi connectivity index (χ3v) is 3.27. The number of nitrogens with one attached hydrogen (secondary N) is 2. The van der Waals surface area contributed by atoms with Crippen LogP contribution in [0, 0.1) is 0 Å². The van der Waals surface area contributed by atoms with Gasteiger partial charge in [0.05, 0.1) is 11.9 Å². The topological polar surface area (TPSA) is 66.9 Å². The van der Waals surface area contributed by atoms with Crippen molar-refractivity contribution < 1.29 is 4.79 Å². The molecule has 0 aliphatic rings. The summed E-state index contributed by atoms with van der Waals surface area (Å²) in [4.78, 5) is 20.3. The zero-order valence-corrected chi connectivity index (χ0v) is 12.4. The van der Waals surface area contributed by atoms with E-state index in [0.717, 1.165) is 16.9 Å². The second-order valence-corrected chi connectivity index (χ2v) is 4.96. The van der Waals surface area contributed by atoms with Crippen LogP contribution in [0.2, 0.25) is 0 Å². The summed E-state index contributed by atoms with van der Waals surface area (Å²) in [6.07, 6.45) is 5.17. The Labute approximate surface area is 134 Å². The summed E-state index contributed by atoms with van der Waals surface area (Å²) in [7, 11) is 0. The Balaban J connectivity index is 1.59. The second-order valence-electron chi connectivity index (χ2n) is 4.96. The van der Waals surface area contributed by atoms with Gasteiger partial charge in [-0.2, -0.15) is 0 Å². The average Bonchev–Trinajstić information content (AvgIpc) is 2.62. The van der Waals surface area contributed by atoms with Crippen molar-refractivity contribution in [2.75, 3.05) is 10.6 Å². The molecule has 2 aromatic heterocycles. The summed E-state index contributed by atoms with van der Waals surface area (Å²) in [6.45, 7) is 0.680. The first kappa shape index (κ1) is 14.7. The molecule has 0 radical (unpaired) electrons. The molecular weight excluding hydrogens is 288 g/mol. The first-order chi connectivity index (χ1) is 11.3. The lowest BCUT2D eigenvalue weighted by Gasteiger charge is -2.07. The molecule has 0 saturated carbocycles. The van der Waals surface area contributed by atoms with Crippen LogP contribution in [0.4, 0.5) is 11.4 Å². The first-order valence-electron chi connectivity index (χ1n) is 7.26. The third-order valence-electron chi connectivity index (χ3n) is 3.27. The largest absolute Gasteiger partial charge is 0.380 e. The Bertz CT molecular complexity index is 758. The van der Waals surface area contributed by atoms with Gasteiger partial charge < -0.3 is 10.6 Å². The Morgan fingerprint density at radius 3 is 2.39 bits per heavy atom. The molecule has 1 amide bonds. The number of anilines is 2. The van der Waals surface area contributed by atoms with Crippen molar-refractivity contribution in [2.24, 2.45) is 0 Å². The molecule has 0 unspecified atom stereocenters. The van der Waals surface area contributed by atoms with Gasteiger partial charge >= 0.3 is 0 Å². The van der Waals surface area contributed by atoms with E-state index in [2.05, 4.69) is 20.6 Å². The van der Waals surface area contributed by atoms with Gasteiger partial charge in [0.2, 0.25) is 0 Å². The van der Waals surface area contributed by atoms with Gasteiger partial charge in [0.1, 0.15) is 5.69 Å². The molecule has 3 rings (SSSR count). The van der Waals surface area contributed by atoms with E-state index >= 15 is 0 Å². The van der Waals surface area contributed by atoms with E-state index in [1.807, 2.05) is 48.5 Å². The first-order valence-corrected chi connectivity index (χ1v) is 7.26. The Morgan fingerprint density at radius 1 is 0.913 bits per heavy atom. The predicted molar refractivity (Wildman–Crippen MR) is 90.2 cm³/mol. The number of hydrogen-bond acceptors (Lipinski definition) is 4. The van der Waals surface area contributed by atoms with Gasteiger partial charge in [-0.3, -0.25) is 9.78 Å². The maximum absolute atomic E-state index is 12.1. The monoisotopic (exact) mass is 304 g/mol. The van der Waals surface area contributed by atoms with Crippen molar-refractivity contribution in [1.82, 2.24) is 9.97 Å². The molecular formula is C18H16N4O. The zero-order valence-electron chi connectivity index (χ0n) is 12.4. The number of rotatable bonds is 5. The van der Waals surface area contributed by atoms with Crippen LogP contribution >= 0.6 is 0 Å². The maximum atomic E-state index is 12.1. The molecule has 5 nitrogen and oxygen atoms in total. The van der Waals surface area contributed by atoms with Crippen LogP contribution in [0.15, 0.2) is 73.2 Å². The second kappa shape index (κ2) is 7.17. The fourth-order valence-electron chi connectivity index (χ4n) is 2.05. The maximum Gasteiger partial charge on any atom is 0.274 e. The van der Waals surface area contributed by atoms with Gasteiger partial charge in [0, 0.05) is 24.6 Å². The SMILES string of the molecule is O=C(Nc1ccccc1)c1ccc(NCc2ccncc2)cn1. The number of benzene rings is 1. The summed E-state index contributed by atoms with van der Waals surface area (Å²) >= 11 is 0. The summed E-state index contributed by atoms with van der Waals surface area (Å²) in [5, 5.41) is 6.06. The molecule has 0 saturated heterocycles. The fourth-order valence-corrected chi connectivity index (χ4v) is 2.05. The molecule has 0 bridgehead atoms. The van der Waals surface area contributed by atoms with Crippen LogP contribution < -0.4 is 10.6 Å². The summed E-state index contributed by atoms with van der Waals surface area (Å²) in [5.74, 6) is -0.225. The smallest absolute Gasteiger partial charge is 0.274 e. The number of carbonyl (C=O) groups excluding carboxylic acids is 1. The van der Waals surface area contributed by atoms with E-state index in [1.165, 1.54) is 0 Å². The fraction of sp³-hybridized carbons (Fsp3) is 0.0556. The molecule has 0 aliphatic carbocycles. The van der Waals surface area contributed by atoms with E-state index in [4.69, 9.17) is 0 Å². The van der Waals surface area contributed by atoms with E-state index < -0.39 is 0 Å². The number of pyridine rings is 2. The van der Waals surface area contributed by atoms with Crippen molar-refractivity contribution in [3.05, 3.63) is 84.4 Å². The van der Waals surface area contributed by atoms with Crippen LogP contribution in [0.5, 0.6) is 0 Å². The van der Waals surface area contributed by atoms with E-state index in [9.17, 15) is 4.79 Å². The van der Waals surface area contributed by atoms with Crippen LogP contribution in [0.25, 0.3) is 0 Å². The lowest BCUT2D eigenvalue weighted by atomic mass is 10.2. The zero-order chi connectivity index (χ0) is 15.9. The highest BCUT2D eigenvalue weighted by Gasteiger charge is 2.07. The Kier molecular flexibility index (Phi) is 4.59. The predicted octanol–water partition coefficient (Wildman–Crippen LogP) is 3.34. The molecule has 0 fully saturated rings. The van der Waals surface area contributed by atoms with Crippen LogP contribution in [0.1, 0.15) is 16.1 Å². The molecule has 0 spiro atoms. The van der Waals surface area contributed by atoms with Gasteiger partial charge in [-0.25, -0.2) is 4.98 Å². The average molecular weight is 304 g/mol. The number of nitrogens with zero attached hydrogens (tertiary/aromatic N) is 2. The molecule has 3 aromatic rings.